The fraction of sp³-hybridized carbons (Fsp3) is 0.200. The Bertz CT molecular complexity index is 2050. The van der Waals surface area contributed by atoms with Crippen molar-refractivity contribution in [2.45, 2.75) is 55.2 Å². The lowest BCUT2D eigenvalue weighted by Gasteiger charge is -2.27. The van der Waals surface area contributed by atoms with Gasteiger partial charge in [0, 0.05) is 22.3 Å². The van der Waals surface area contributed by atoms with Gasteiger partial charge < -0.3 is 8.74 Å². The summed E-state index contributed by atoms with van der Waals surface area (Å²) in [6.45, 7) is 3.65. The van der Waals surface area contributed by atoms with Crippen molar-refractivity contribution in [3.8, 4) is 28.0 Å². The minimum absolute atomic E-state index is 0.0309. The first-order chi connectivity index (χ1) is 20.6. The van der Waals surface area contributed by atoms with E-state index in [1.54, 1.807) is 0 Å². The van der Waals surface area contributed by atoms with Gasteiger partial charge in [-0.3, -0.25) is 0 Å². The van der Waals surface area contributed by atoms with E-state index in [1.165, 1.54) is 6.07 Å². The minimum atomic E-state index is -4.78. The van der Waals surface area contributed by atoms with Crippen LogP contribution in [-0.4, -0.2) is 21.4 Å². The van der Waals surface area contributed by atoms with Crippen LogP contribution in [-0.2, 0) is 33.1 Å². The highest BCUT2D eigenvalue weighted by Gasteiger charge is 2.33. The van der Waals surface area contributed by atoms with Gasteiger partial charge in [-0.1, -0.05) is 98.8 Å². The fourth-order valence-corrected chi connectivity index (χ4v) is 8.33. The molecule has 0 atom stereocenters. The smallest absolute Gasteiger partial charge is 0.340 e. The van der Waals surface area contributed by atoms with Gasteiger partial charge in [0.2, 0.25) is 0 Å². The van der Waals surface area contributed by atoms with Crippen molar-refractivity contribution in [3.63, 3.8) is 0 Å². The third-order valence-corrected chi connectivity index (χ3v) is 10.3. The molecule has 0 N–H and O–H groups in total. The van der Waals surface area contributed by atoms with Crippen molar-refractivity contribution in [3.05, 3.63) is 114 Å². The maximum Gasteiger partial charge on any atom is 0.340 e. The van der Waals surface area contributed by atoms with E-state index in [2.05, 4.69) is 0 Å². The third-order valence-electron chi connectivity index (χ3n) is 8.07. The molecule has 1 aliphatic carbocycles. The SMILES string of the molecule is CC(C)c1cc(S(=O)(=O)[O-])c2c(c1OS(=O)(=O)c1c(-c3ccccc3)cc3ccccc3c1-c1ccccc1)CCCC2. The highest BCUT2D eigenvalue weighted by molar-refractivity contribution is 7.87. The molecule has 6 nitrogen and oxygen atoms in total. The van der Waals surface area contributed by atoms with Crippen molar-refractivity contribution < 1.29 is 25.6 Å². The number of hydrogen-bond acceptors (Lipinski definition) is 6. The predicted molar refractivity (Wildman–Crippen MR) is 168 cm³/mol. The van der Waals surface area contributed by atoms with Crippen LogP contribution in [0.15, 0.2) is 107 Å². The van der Waals surface area contributed by atoms with Crippen LogP contribution in [0.3, 0.4) is 0 Å². The molecule has 0 fully saturated rings. The first-order valence-corrected chi connectivity index (χ1v) is 17.1. The molecule has 220 valence electrons. The second kappa shape index (κ2) is 11.3. The highest BCUT2D eigenvalue weighted by atomic mass is 32.2. The zero-order chi connectivity index (χ0) is 30.4. The van der Waals surface area contributed by atoms with E-state index in [1.807, 2.05) is 105 Å². The molecule has 0 bridgehead atoms. The molecule has 0 spiro atoms. The van der Waals surface area contributed by atoms with Crippen molar-refractivity contribution in [1.29, 1.82) is 0 Å². The molecule has 0 unspecified atom stereocenters. The Morgan fingerprint density at radius 2 is 1.30 bits per heavy atom. The van der Waals surface area contributed by atoms with E-state index >= 15 is 0 Å². The lowest BCUT2D eigenvalue weighted by atomic mass is 9.87. The lowest BCUT2D eigenvalue weighted by Crippen LogP contribution is -2.19. The first kappa shape index (κ1) is 29.1. The molecule has 8 heteroatoms. The Morgan fingerprint density at radius 3 is 1.93 bits per heavy atom. The van der Waals surface area contributed by atoms with Crippen molar-refractivity contribution in [2.75, 3.05) is 0 Å². The molecule has 5 aromatic rings. The van der Waals surface area contributed by atoms with Crippen LogP contribution >= 0.6 is 0 Å². The molecular weight excluding hydrogens is 581 g/mol. The lowest BCUT2D eigenvalue weighted by molar-refractivity contribution is 0.458. The average Bonchev–Trinajstić information content (AvgIpc) is 3.00. The Balaban J connectivity index is 1.68. The maximum absolute atomic E-state index is 14.8. The van der Waals surface area contributed by atoms with Crippen LogP contribution in [0.2, 0.25) is 0 Å². The van der Waals surface area contributed by atoms with Gasteiger partial charge in [-0.25, -0.2) is 8.42 Å². The Labute approximate surface area is 252 Å². The van der Waals surface area contributed by atoms with E-state index in [9.17, 15) is 21.4 Å². The quantitative estimate of drug-likeness (QED) is 0.137. The summed E-state index contributed by atoms with van der Waals surface area (Å²) in [7, 11) is -9.31. The van der Waals surface area contributed by atoms with Gasteiger partial charge in [-0.15, -0.1) is 0 Å². The van der Waals surface area contributed by atoms with Gasteiger partial charge in [0.25, 0.3) is 0 Å². The van der Waals surface area contributed by atoms with Crippen molar-refractivity contribution in [2.24, 2.45) is 0 Å². The number of rotatable bonds is 7. The second-order valence-corrected chi connectivity index (χ2v) is 14.0. The van der Waals surface area contributed by atoms with Gasteiger partial charge >= 0.3 is 10.1 Å². The van der Waals surface area contributed by atoms with Crippen LogP contribution in [0.1, 0.15) is 49.3 Å². The second-order valence-electron chi connectivity index (χ2n) is 11.2. The molecule has 0 radical (unpaired) electrons. The molecule has 0 aliphatic heterocycles. The monoisotopic (exact) mass is 611 g/mol. The van der Waals surface area contributed by atoms with Gasteiger partial charge in [0.05, 0.1) is 4.90 Å². The molecule has 43 heavy (non-hydrogen) atoms. The van der Waals surface area contributed by atoms with E-state index in [-0.39, 0.29) is 21.5 Å². The van der Waals surface area contributed by atoms with E-state index in [0.717, 1.165) is 22.8 Å². The van der Waals surface area contributed by atoms with Gasteiger partial charge in [-0.2, -0.15) is 8.42 Å². The van der Waals surface area contributed by atoms with Gasteiger partial charge in [0.1, 0.15) is 20.8 Å². The van der Waals surface area contributed by atoms with Crippen LogP contribution in [0.5, 0.6) is 5.75 Å². The summed E-state index contributed by atoms with van der Waals surface area (Å²) >= 11 is 0. The van der Waals surface area contributed by atoms with Crippen LogP contribution in [0, 0.1) is 0 Å². The summed E-state index contributed by atoms with van der Waals surface area (Å²) in [4.78, 5) is -0.250. The van der Waals surface area contributed by atoms with Gasteiger partial charge in [-0.05, 0) is 71.2 Å². The molecular formula is C35H31O6S2-. The molecule has 0 saturated heterocycles. The molecule has 5 aromatic carbocycles. The van der Waals surface area contributed by atoms with E-state index in [0.29, 0.717) is 52.6 Å². The summed E-state index contributed by atoms with van der Waals surface area (Å²) in [5.74, 6) is -0.181. The molecule has 0 aromatic heterocycles. The van der Waals surface area contributed by atoms with Crippen molar-refractivity contribution in [1.82, 2.24) is 0 Å². The first-order valence-electron chi connectivity index (χ1n) is 14.3. The number of hydrogen-bond donors (Lipinski definition) is 0. The van der Waals surface area contributed by atoms with Crippen LogP contribution in [0.4, 0.5) is 0 Å². The molecule has 0 saturated carbocycles. The minimum Gasteiger partial charge on any atom is -0.744 e. The fourth-order valence-electron chi connectivity index (χ4n) is 6.11. The topological polar surface area (TPSA) is 101 Å². The van der Waals surface area contributed by atoms with Crippen molar-refractivity contribution >= 4 is 31.0 Å². The van der Waals surface area contributed by atoms with Crippen LogP contribution in [0.25, 0.3) is 33.0 Å². The van der Waals surface area contributed by atoms with E-state index in [4.69, 9.17) is 4.18 Å². The largest absolute Gasteiger partial charge is 0.744 e. The summed E-state index contributed by atoms with van der Waals surface area (Å²) < 4.78 is 72.7. The summed E-state index contributed by atoms with van der Waals surface area (Å²) in [6, 6.07) is 29.6. The highest BCUT2D eigenvalue weighted by Crippen LogP contribution is 2.45. The summed E-state index contributed by atoms with van der Waals surface area (Å²) in [5.41, 5.74) is 3.68. The zero-order valence-electron chi connectivity index (χ0n) is 23.9. The van der Waals surface area contributed by atoms with Gasteiger partial charge in [0.15, 0.2) is 0 Å². The predicted octanol–water partition coefficient (Wildman–Crippen LogP) is 7.85. The van der Waals surface area contributed by atoms with E-state index < -0.39 is 20.2 Å². The Kier molecular flexibility index (Phi) is 7.62. The van der Waals surface area contributed by atoms with Crippen LogP contribution < -0.4 is 4.18 Å². The Morgan fingerprint density at radius 1 is 0.721 bits per heavy atom. The molecule has 1 aliphatic rings. The third kappa shape index (κ3) is 5.46. The number of fused-ring (bicyclic) bond motifs is 2. The molecule has 0 amide bonds. The Hall–Kier alpha value is -3.98. The summed E-state index contributed by atoms with van der Waals surface area (Å²) in [6.07, 6.45) is 2.20. The zero-order valence-corrected chi connectivity index (χ0v) is 25.5. The average molecular weight is 612 g/mol. The molecule has 6 rings (SSSR count). The molecule has 0 heterocycles. The standard InChI is InChI=1S/C35H32O6S2/c1-23(2)30-22-32(42(36,37)38)28-19-11-12-20-29(28)34(30)41-43(39,40)35-31(24-13-5-3-6-14-24)21-26-17-9-10-18-27(26)33(35)25-15-7-4-8-16-25/h3-10,13-18,21-23H,11-12,19-20H2,1-2H3,(H,36,37,38)/p-1. The maximum atomic E-state index is 14.8. The normalized spacial score (nSPS) is 13.7. The number of benzene rings is 5. The summed E-state index contributed by atoms with van der Waals surface area (Å²) in [5, 5.41) is 1.64.